The van der Waals surface area contributed by atoms with Crippen molar-refractivity contribution >= 4 is 17.4 Å². The molecular formula is C23H30N6O5. The molecule has 0 aliphatic rings. The minimum atomic E-state index is -0.644. The zero-order valence-corrected chi connectivity index (χ0v) is 19.8. The first-order valence-electron chi connectivity index (χ1n) is 11.0. The van der Waals surface area contributed by atoms with Crippen molar-refractivity contribution in [2.45, 2.75) is 52.1 Å². The van der Waals surface area contributed by atoms with Crippen molar-refractivity contribution in [2.75, 3.05) is 24.4 Å². The normalized spacial score (nSPS) is 11.4. The molecule has 0 saturated heterocycles. The van der Waals surface area contributed by atoms with Gasteiger partial charge >= 0.3 is 5.69 Å². The lowest BCUT2D eigenvalue weighted by atomic mass is 9.96. The Kier molecular flexibility index (Phi) is 8.00. The van der Waals surface area contributed by atoms with E-state index >= 15 is 0 Å². The Bertz CT molecular complexity index is 1220. The van der Waals surface area contributed by atoms with E-state index in [-0.39, 0.29) is 42.9 Å². The molecule has 0 spiro atoms. The molecule has 2 heterocycles. The van der Waals surface area contributed by atoms with Gasteiger partial charge in [0.2, 0.25) is 11.8 Å². The molecule has 0 aliphatic carbocycles. The monoisotopic (exact) mass is 470 g/mol. The van der Waals surface area contributed by atoms with Crippen molar-refractivity contribution in [1.29, 1.82) is 0 Å². The molecule has 0 bridgehead atoms. The van der Waals surface area contributed by atoms with Crippen LogP contribution in [0.4, 0.5) is 11.5 Å². The van der Waals surface area contributed by atoms with Crippen molar-refractivity contribution < 1.29 is 14.1 Å². The quantitative estimate of drug-likeness (QED) is 0.408. The van der Waals surface area contributed by atoms with E-state index < -0.39 is 17.2 Å². The first-order chi connectivity index (χ1) is 16.2. The highest BCUT2D eigenvalue weighted by Gasteiger charge is 2.22. The number of hydrogen-bond acceptors (Lipinski definition) is 8. The lowest BCUT2D eigenvalue weighted by molar-refractivity contribution is -0.116. The predicted molar refractivity (Wildman–Crippen MR) is 127 cm³/mol. The first kappa shape index (κ1) is 24.9. The Morgan fingerprint density at radius 1 is 1.21 bits per heavy atom. The summed E-state index contributed by atoms with van der Waals surface area (Å²) in [4.78, 5) is 44.5. The van der Waals surface area contributed by atoms with Gasteiger partial charge in [-0.15, -0.1) is 0 Å². The van der Waals surface area contributed by atoms with E-state index in [1.807, 2.05) is 51.1 Å². The van der Waals surface area contributed by atoms with Crippen LogP contribution in [0.5, 0.6) is 0 Å². The highest BCUT2D eigenvalue weighted by atomic mass is 16.5. The minimum Gasteiger partial charge on any atom is -0.383 e. The Hall–Kier alpha value is -3.73. The Morgan fingerprint density at radius 3 is 2.59 bits per heavy atom. The number of aryl methyl sites for hydroxylation is 1. The fourth-order valence-electron chi connectivity index (χ4n) is 3.12. The van der Waals surface area contributed by atoms with Gasteiger partial charge in [0, 0.05) is 31.9 Å². The van der Waals surface area contributed by atoms with Crippen molar-refractivity contribution in [2.24, 2.45) is 0 Å². The van der Waals surface area contributed by atoms with E-state index in [1.165, 1.54) is 11.7 Å². The molecule has 1 aromatic carbocycles. The van der Waals surface area contributed by atoms with Crippen LogP contribution in [-0.4, -0.2) is 39.3 Å². The molecule has 1 amide bonds. The SMILES string of the molecule is COCCn1c(NC(=O)CCc2nc(C(C)(C)C)no2)c(NCc2ccccc2)c(=O)[nH]c1=O. The molecule has 0 saturated carbocycles. The largest absolute Gasteiger partial charge is 0.383 e. The van der Waals surface area contributed by atoms with Gasteiger partial charge in [0.15, 0.2) is 5.82 Å². The van der Waals surface area contributed by atoms with E-state index in [0.29, 0.717) is 18.3 Å². The summed E-state index contributed by atoms with van der Waals surface area (Å²) in [7, 11) is 1.50. The number of nitrogens with zero attached hydrogens (tertiary/aromatic N) is 3. The number of amides is 1. The summed E-state index contributed by atoms with van der Waals surface area (Å²) in [5, 5.41) is 9.71. The smallest absolute Gasteiger partial charge is 0.330 e. The molecule has 3 aromatic rings. The second-order valence-corrected chi connectivity index (χ2v) is 8.78. The third-order valence-corrected chi connectivity index (χ3v) is 4.99. The maximum absolute atomic E-state index is 12.8. The number of ether oxygens (including phenoxy) is 1. The first-order valence-corrected chi connectivity index (χ1v) is 11.0. The van der Waals surface area contributed by atoms with Gasteiger partial charge in [-0.05, 0) is 5.56 Å². The second kappa shape index (κ2) is 10.9. The number of benzene rings is 1. The number of hydrogen-bond donors (Lipinski definition) is 3. The number of rotatable bonds is 10. The zero-order valence-electron chi connectivity index (χ0n) is 19.8. The zero-order chi connectivity index (χ0) is 24.7. The molecule has 0 aliphatic heterocycles. The molecular weight excluding hydrogens is 440 g/mol. The van der Waals surface area contributed by atoms with Crippen LogP contribution in [0, 0.1) is 0 Å². The van der Waals surface area contributed by atoms with E-state index in [9.17, 15) is 14.4 Å². The van der Waals surface area contributed by atoms with Crippen LogP contribution in [0.3, 0.4) is 0 Å². The number of carbonyl (C=O) groups is 1. The van der Waals surface area contributed by atoms with Gasteiger partial charge in [-0.2, -0.15) is 4.98 Å². The van der Waals surface area contributed by atoms with Crippen molar-refractivity contribution in [3.63, 3.8) is 0 Å². The summed E-state index contributed by atoms with van der Waals surface area (Å²) in [6.45, 7) is 6.57. The number of anilines is 2. The molecule has 0 unspecified atom stereocenters. The van der Waals surface area contributed by atoms with Crippen LogP contribution < -0.4 is 21.9 Å². The van der Waals surface area contributed by atoms with Crippen LogP contribution in [-0.2, 0) is 34.5 Å². The number of nitrogens with one attached hydrogen (secondary N) is 3. The molecule has 34 heavy (non-hydrogen) atoms. The summed E-state index contributed by atoms with van der Waals surface area (Å²) in [6, 6.07) is 9.45. The van der Waals surface area contributed by atoms with Crippen LogP contribution >= 0.6 is 0 Å². The average Bonchev–Trinajstić information content (AvgIpc) is 3.28. The van der Waals surface area contributed by atoms with Crippen molar-refractivity contribution in [3.8, 4) is 0 Å². The third kappa shape index (κ3) is 6.41. The maximum atomic E-state index is 12.8. The summed E-state index contributed by atoms with van der Waals surface area (Å²) in [5.74, 6) is 0.561. The molecule has 3 N–H and O–H groups in total. The summed E-state index contributed by atoms with van der Waals surface area (Å²) < 4.78 is 11.6. The van der Waals surface area contributed by atoms with E-state index in [2.05, 4.69) is 25.8 Å². The van der Waals surface area contributed by atoms with Gasteiger partial charge in [0.25, 0.3) is 5.56 Å². The molecule has 0 fully saturated rings. The molecule has 2 aromatic heterocycles. The molecule has 0 radical (unpaired) electrons. The summed E-state index contributed by atoms with van der Waals surface area (Å²) >= 11 is 0. The second-order valence-electron chi connectivity index (χ2n) is 8.78. The number of aromatic amines is 1. The van der Waals surface area contributed by atoms with Gasteiger partial charge in [0.1, 0.15) is 11.5 Å². The average molecular weight is 471 g/mol. The van der Waals surface area contributed by atoms with Gasteiger partial charge in [-0.1, -0.05) is 56.3 Å². The number of H-pyrrole nitrogens is 1. The standard InChI is InChI=1S/C23H30N6O5/c1-23(2,3)21-26-17(34-28-21)11-10-16(30)25-19-18(24-14-15-8-6-5-7-9-15)20(31)27-22(32)29(19)12-13-33-4/h5-9,24H,10-14H2,1-4H3,(H,25,30)(H,27,31,32). The van der Waals surface area contributed by atoms with Crippen LogP contribution in [0.1, 0.15) is 44.5 Å². The lowest BCUT2D eigenvalue weighted by Gasteiger charge is -2.17. The van der Waals surface area contributed by atoms with Gasteiger partial charge in [-0.25, -0.2) is 4.79 Å². The third-order valence-electron chi connectivity index (χ3n) is 4.99. The minimum absolute atomic E-state index is 0.0230. The van der Waals surface area contributed by atoms with E-state index in [0.717, 1.165) is 5.56 Å². The molecule has 11 nitrogen and oxygen atoms in total. The van der Waals surface area contributed by atoms with Crippen molar-refractivity contribution in [1.82, 2.24) is 19.7 Å². The molecule has 0 atom stereocenters. The lowest BCUT2D eigenvalue weighted by Crippen LogP contribution is -2.36. The fourth-order valence-corrected chi connectivity index (χ4v) is 3.12. The van der Waals surface area contributed by atoms with Gasteiger partial charge in [-0.3, -0.25) is 19.1 Å². The predicted octanol–water partition coefficient (Wildman–Crippen LogP) is 2.05. The fraction of sp³-hybridized carbons (Fsp3) is 0.435. The number of methoxy groups -OCH3 is 1. The van der Waals surface area contributed by atoms with Crippen LogP contribution in [0.15, 0.2) is 44.4 Å². The van der Waals surface area contributed by atoms with Crippen LogP contribution in [0.25, 0.3) is 0 Å². The summed E-state index contributed by atoms with van der Waals surface area (Å²) in [6.07, 6.45) is 0.238. The maximum Gasteiger partial charge on any atom is 0.330 e. The van der Waals surface area contributed by atoms with E-state index in [4.69, 9.17) is 9.26 Å². The Morgan fingerprint density at radius 2 is 1.94 bits per heavy atom. The number of aromatic nitrogens is 4. The molecule has 3 rings (SSSR count). The van der Waals surface area contributed by atoms with Crippen LogP contribution in [0.2, 0.25) is 0 Å². The Labute approximate surface area is 196 Å². The Balaban J connectivity index is 1.81. The van der Waals surface area contributed by atoms with Crippen molar-refractivity contribution in [3.05, 3.63) is 68.4 Å². The topological polar surface area (TPSA) is 144 Å². The number of carbonyl (C=O) groups excluding carboxylic acids is 1. The molecule has 182 valence electrons. The van der Waals surface area contributed by atoms with Gasteiger partial charge in [0.05, 0.1) is 13.2 Å². The molecule has 11 heteroatoms. The van der Waals surface area contributed by atoms with E-state index in [1.54, 1.807) is 0 Å². The highest BCUT2D eigenvalue weighted by molar-refractivity contribution is 5.92. The summed E-state index contributed by atoms with van der Waals surface area (Å²) in [5.41, 5.74) is -0.530. The highest BCUT2D eigenvalue weighted by Crippen LogP contribution is 2.20. The van der Waals surface area contributed by atoms with Gasteiger partial charge < -0.3 is 19.9 Å².